The molecule has 13 heavy (non-hydrogen) atoms. The SMILES string of the molecule is C=CC[C@H](N)CC(=O)OC(C)(C)C. The first-order chi connectivity index (χ1) is 5.85. The topological polar surface area (TPSA) is 52.3 Å². The van der Waals surface area contributed by atoms with Crippen molar-refractivity contribution in [2.75, 3.05) is 0 Å². The number of rotatable bonds is 4. The van der Waals surface area contributed by atoms with Crippen molar-refractivity contribution >= 4 is 5.97 Å². The van der Waals surface area contributed by atoms with Crippen molar-refractivity contribution in [3.8, 4) is 0 Å². The van der Waals surface area contributed by atoms with E-state index in [4.69, 9.17) is 10.5 Å². The molecule has 0 radical (unpaired) electrons. The summed E-state index contributed by atoms with van der Waals surface area (Å²) in [6.45, 7) is 9.06. The van der Waals surface area contributed by atoms with E-state index in [1.54, 1.807) is 6.08 Å². The fourth-order valence-electron chi connectivity index (χ4n) is 0.895. The molecule has 0 saturated heterocycles. The lowest BCUT2D eigenvalue weighted by atomic mass is 10.1. The van der Waals surface area contributed by atoms with Crippen molar-refractivity contribution in [2.24, 2.45) is 5.73 Å². The van der Waals surface area contributed by atoms with Crippen molar-refractivity contribution in [3.05, 3.63) is 12.7 Å². The zero-order chi connectivity index (χ0) is 10.5. The molecule has 0 saturated carbocycles. The minimum Gasteiger partial charge on any atom is -0.460 e. The highest BCUT2D eigenvalue weighted by Crippen LogP contribution is 2.09. The molecule has 0 aliphatic carbocycles. The zero-order valence-electron chi connectivity index (χ0n) is 8.67. The number of esters is 1. The van der Waals surface area contributed by atoms with Crippen LogP contribution >= 0.6 is 0 Å². The van der Waals surface area contributed by atoms with Gasteiger partial charge in [-0.05, 0) is 27.2 Å². The predicted octanol–water partition coefficient (Wildman–Crippen LogP) is 1.62. The summed E-state index contributed by atoms with van der Waals surface area (Å²) in [7, 11) is 0. The maximum absolute atomic E-state index is 11.2. The van der Waals surface area contributed by atoms with Gasteiger partial charge in [0.15, 0.2) is 0 Å². The molecule has 3 nitrogen and oxygen atoms in total. The van der Waals surface area contributed by atoms with Crippen molar-refractivity contribution in [1.82, 2.24) is 0 Å². The van der Waals surface area contributed by atoms with Crippen LogP contribution < -0.4 is 5.73 Å². The molecule has 0 amide bonds. The Bertz CT molecular complexity index is 182. The lowest BCUT2D eigenvalue weighted by molar-refractivity contribution is -0.155. The van der Waals surface area contributed by atoms with Crippen LogP contribution in [-0.4, -0.2) is 17.6 Å². The molecule has 0 aliphatic heterocycles. The quantitative estimate of drug-likeness (QED) is 0.535. The smallest absolute Gasteiger partial charge is 0.307 e. The number of hydrogen-bond acceptors (Lipinski definition) is 3. The fourth-order valence-corrected chi connectivity index (χ4v) is 0.895. The van der Waals surface area contributed by atoms with Gasteiger partial charge >= 0.3 is 5.97 Å². The Labute approximate surface area is 79.9 Å². The van der Waals surface area contributed by atoms with Gasteiger partial charge in [-0.2, -0.15) is 0 Å². The van der Waals surface area contributed by atoms with E-state index in [0.29, 0.717) is 6.42 Å². The first kappa shape index (κ1) is 12.2. The van der Waals surface area contributed by atoms with Crippen molar-refractivity contribution in [1.29, 1.82) is 0 Å². The van der Waals surface area contributed by atoms with Gasteiger partial charge in [-0.15, -0.1) is 6.58 Å². The average Bonchev–Trinajstić information content (AvgIpc) is 1.81. The Morgan fingerprint density at radius 3 is 2.54 bits per heavy atom. The molecule has 2 N–H and O–H groups in total. The predicted molar refractivity (Wildman–Crippen MR) is 53.3 cm³/mol. The number of nitrogens with two attached hydrogens (primary N) is 1. The molecule has 3 heteroatoms. The Balaban J connectivity index is 3.81. The summed E-state index contributed by atoms with van der Waals surface area (Å²) < 4.78 is 5.10. The zero-order valence-corrected chi connectivity index (χ0v) is 8.67. The van der Waals surface area contributed by atoms with Crippen LogP contribution in [-0.2, 0) is 9.53 Å². The van der Waals surface area contributed by atoms with Crippen LogP contribution in [0.3, 0.4) is 0 Å². The molecule has 0 bridgehead atoms. The van der Waals surface area contributed by atoms with Crippen LogP contribution in [0.4, 0.5) is 0 Å². The molecule has 0 aromatic rings. The van der Waals surface area contributed by atoms with E-state index in [2.05, 4.69) is 6.58 Å². The average molecular weight is 185 g/mol. The Morgan fingerprint density at radius 2 is 2.15 bits per heavy atom. The van der Waals surface area contributed by atoms with E-state index in [1.807, 2.05) is 20.8 Å². The fraction of sp³-hybridized carbons (Fsp3) is 0.700. The van der Waals surface area contributed by atoms with Gasteiger partial charge < -0.3 is 10.5 Å². The Kier molecular flexibility index (Phi) is 4.70. The number of carbonyl (C=O) groups excluding carboxylic acids is 1. The Hall–Kier alpha value is -0.830. The van der Waals surface area contributed by atoms with Crippen LogP contribution in [0.2, 0.25) is 0 Å². The molecule has 76 valence electrons. The second-order valence-corrected chi connectivity index (χ2v) is 4.08. The number of ether oxygens (including phenoxy) is 1. The van der Waals surface area contributed by atoms with Gasteiger partial charge in [0, 0.05) is 6.04 Å². The van der Waals surface area contributed by atoms with E-state index in [9.17, 15) is 4.79 Å². The van der Waals surface area contributed by atoms with E-state index < -0.39 is 5.60 Å². The second kappa shape index (κ2) is 5.02. The number of carbonyl (C=O) groups is 1. The largest absolute Gasteiger partial charge is 0.460 e. The van der Waals surface area contributed by atoms with E-state index in [-0.39, 0.29) is 18.4 Å². The molecule has 0 aromatic heterocycles. The molecule has 1 atom stereocenters. The van der Waals surface area contributed by atoms with Crippen molar-refractivity contribution in [3.63, 3.8) is 0 Å². The minimum atomic E-state index is -0.426. The molecule has 0 heterocycles. The maximum Gasteiger partial charge on any atom is 0.307 e. The van der Waals surface area contributed by atoms with Crippen LogP contribution in [0.1, 0.15) is 33.6 Å². The summed E-state index contributed by atoms with van der Waals surface area (Å²) >= 11 is 0. The lowest BCUT2D eigenvalue weighted by Gasteiger charge is -2.20. The van der Waals surface area contributed by atoms with Crippen LogP contribution in [0.15, 0.2) is 12.7 Å². The molecular weight excluding hydrogens is 166 g/mol. The molecule has 0 fully saturated rings. The van der Waals surface area contributed by atoms with Crippen LogP contribution in [0.25, 0.3) is 0 Å². The van der Waals surface area contributed by atoms with Gasteiger partial charge in [-0.3, -0.25) is 4.79 Å². The van der Waals surface area contributed by atoms with E-state index in [0.717, 1.165) is 0 Å². The lowest BCUT2D eigenvalue weighted by Crippen LogP contribution is -2.29. The standard InChI is InChI=1S/C10H19NO2/c1-5-6-8(11)7-9(12)13-10(2,3)4/h5,8H,1,6-7,11H2,2-4H3/t8-/m0/s1. The highest BCUT2D eigenvalue weighted by atomic mass is 16.6. The molecule has 0 aliphatic rings. The summed E-state index contributed by atoms with van der Waals surface area (Å²) in [4.78, 5) is 11.2. The van der Waals surface area contributed by atoms with Crippen LogP contribution in [0, 0.1) is 0 Å². The molecule has 0 rings (SSSR count). The third kappa shape index (κ3) is 7.53. The molecule has 0 unspecified atom stereocenters. The minimum absolute atomic E-state index is 0.174. The maximum atomic E-state index is 11.2. The highest BCUT2D eigenvalue weighted by molar-refractivity contribution is 5.70. The van der Waals surface area contributed by atoms with Gasteiger partial charge in [0.05, 0.1) is 6.42 Å². The van der Waals surface area contributed by atoms with E-state index >= 15 is 0 Å². The third-order valence-electron chi connectivity index (χ3n) is 1.32. The monoisotopic (exact) mass is 185 g/mol. The van der Waals surface area contributed by atoms with Crippen molar-refractivity contribution in [2.45, 2.75) is 45.3 Å². The summed E-state index contributed by atoms with van der Waals surface area (Å²) in [5.74, 6) is -0.248. The Morgan fingerprint density at radius 1 is 1.62 bits per heavy atom. The van der Waals surface area contributed by atoms with Gasteiger partial charge in [-0.1, -0.05) is 6.08 Å². The first-order valence-corrected chi connectivity index (χ1v) is 4.43. The third-order valence-corrected chi connectivity index (χ3v) is 1.32. The van der Waals surface area contributed by atoms with Gasteiger partial charge in [-0.25, -0.2) is 0 Å². The van der Waals surface area contributed by atoms with Gasteiger partial charge in [0.1, 0.15) is 5.60 Å². The van der Waals surface area contributed by atoms with E-state index in [1.165, 1.54) is 0 Å². The number of hydrogen-bond donors (Lipinski definition) is 1. The summed E-state index contributed by atoms with van der Waals surface area (Å²) in [5.41, 5.74) is 5.21. The summed E-state index contributed by atoms with van der Waals surface area (Å²) in [6.07, 6.45) is 2.59. The normalized spacial score (nSPS) is 13.5. The van der Waals surface area contributed by atoms with Crippen LogP contribution in [0.5, 0.6) is 0 Å². The van der Waals surface area contributed by atoms with Gasteiger partial charge in [0.25, 0.3) is 0 Å². The molecule has 0 aromatic carbocycles. The van der Waals surface area contributed by atoms with Crippen molar-refractivity contribution < 1.29 is 9.53 Å². The molecular formula is C10H19NO2. The summed E-state index contributed by atoms with van der Waals surface area (Å²) in [5, 5.41) is 0. The highest BCUT2D eigenvalue weighted by Gasteiger charge is 2.17. The second-order valence-electron chi connectivity index (χ2n) is 4.08. The first-order valence-electron chi connectivity index (χ1n) is 4.43. The molecule has 0 spiro atoms. The summed E-state index contributed by atoms with van der Waals surface area (Å²) in [6, 6.07) is -0.174. The van der Waals surface area contributed by atoms with Gasteiger partial charge in [0.2, 0.25) is 0 Å².